The molecule has 4 amide bonds. The smallest absolute Gasteiger partial charge is 0.335 e. The van der Waals surface area contributed by atoms with Crippen LogP contribution in [0.1, 0.15) is 16.7 Å². The fourth-order valence-electron chi connectivity index (χ4n) is 3.49. The van der Waals surface area contributed by atoms with E-state index in [2.05, 4.69) is 5.32 Å². The molecular formula is C26H20Cl2N2O5. The number of halogens is 2. The zero-order valence-electron chi connectivity index (χ0n) is 18.8. The van der Waals surface area contributed by atoms with E-state index in [9.17, 15) is 14.4 Å². The van der Waals surface area contributed by atoms with Gasteiger partial charge in [-0.25, -0.2) is 9.69 Å². The van der Waals surface area contributed by atoms with Gasteiger partial charge in [-0.2, -0.15) is 0 Å². The molecule has 0 spiro atoms. The number of urea groups is 1. The van der Waals surface area contributed by atoms with Crippen LogP contribution in [-0.4, -0.2) is 25.0 Å². The first-order valence-corrected chi connectivity index (χ1v) is 11.3. The van der Waals surface area contributed by atoms with Crippen LogP contribution in [0.5, 0.6) is 11.5 Å². The predicted molar refractivity (Wildman–Crippen MR) is 134 cm³/mol. The number of barbiturate groups is 1. The van der Waals surface area contributed by atoms with Gasteiger partial charge in [0.15, 0.2) is 0 Å². The number of benzene rings is 3. The molecule has 3 aromatic carbocycles. The number of hydrogen-bond acceptors (Lipinski definition) is 5. The molecule has 1 aliphatic heterocycles. The van der Waals surface area contributed by atoms with E-state index in [0.717, 1.165) is 10.5 Å². The fraction of sp³-hybridized carbons (Fsp3) is 0.115. The van der Waals surface area contributed by atoms with Gasteiger partial charge >= 0.3 is 6.03 Å². The van der Waals surface area contributed by atoms with E-state index in [1.54, 1.807) is 54.6 Å². The van der Waals surface area contributed by atoms with Gasteiger partial charge < -0.3 is 9.47 Å². The Balaban J connectivity index is 1.69. The van der Waals surface area contributed by atoms with E-state index in [1.165, 1.54) is 13.2 Å². The molecule has 1 N–H and O–H groups in total. The van der Waals surface area contributed by atoms with Gasteiger partial charge in [0.25, 0.3) is 11.8 Å². The van der Waals surface area contributed by atoms with Gasteiger partial charge in [0.2, 0.25) is 0 Å². The van der Waals surface area contributed by atoms with E-state index >= 15 is 0 Å². The fourth-order valence-corrected chi connectivity index (χ4v) is 3.96. The molecule has 35 heavy (non-hydrogen) atoms. The number of hydrogen-bond donors (Lipinski definition) is 1. The van der Waals surface area contributed by atoms with Crippen molar-refractivity contribution in [2.24, 2.45) is 0 Å². The van der Waals surface area contributed by atoms with Gasteiger partial charge in [0.05, 0.1) is 12.8 Å². The molecule has 3 aromatic rings. The average Bonchev–Trinajstić information content (AvgIpc) is 2.81. The zero-order chi connectivity index (χ0) is 25.1. The number of nitrogens with one attached hydrogen (secondary N) is 1. The third-order valence-electron chi connectivity index (χ3n) is 5.28. The molecule has 1 heterocycles. The summed E-state index contributed by atoms with van der Waals surface area (Å²) in [5, 5.41) is 3.16. The van der Waals surface area contributed by atoms with Crippen LogP contribution in [0.25, 0.3) is 6.08 Å². The van der Waals surface area contributed by atoms with Gasteiger partial charge in [-0.1, -0.05) is 41.4 Å². The van der Waals surface area contributed by atoms with Gasteiger partial charge in [-0.15, -0.1) is 0 Å². The van der Waals surface area contributed by atoms with Crippen LogP contribution in [0.3, 0.4) is 0 Å². The standard InChI is InChI=1S/C26H20Cl2N2O5/c1-15-4-3-5-19(10-15)30-25(32)21(24(31)29-26(30)33)11-16-7-9-20(34-2)13-23(16)35-14-17-6-8-18(27)12-22(17)28/h3-13H,14H2,1-2H3,(H,29,31,33)/b21-11+. The highest BCUT2D eigenvalue weighted by Gasteiger charge is 2.37. The minimum absolute atomic E-state index is 0.105. The number of aryl methyl sites for hydroxylation is 1. The molecule has 0 radical (unpaired) electrons. The first-order chi connectivity index (χ1) is 16.8. The topological polar surface area (TPSA) is 84.9 Å². The molecule has 4 rings (SSSR count). The summed E-state index contributed by atoms with van der Waals surface area (Å²) in [7, 11) is 1.51. The number of ether oxygens (including phenoxy) is 2. The minimum atomic E-state index is -0.814. The van der Waals surface area contributed by atoms with Crippen molar-refractivity contribution in [1.29, 1.82) is 0 Å². The number of amides is 4. The lowest BCUT2D eigenvalue weighted by Crippen LogP contribution is -2.54. The lowest BCUT2D eigenvalue weighted by atomic mass is 10.1. The number of carbonyl (C=O) groups excluding carboxylic acids is 3. The Morgan fingerprint density at radius 1 is 1.00 bits per heavy atom. The van der Waals surface area contributed by atoms with E-state index in [1.807, 2.05) is 13.0 Å². The lowest BCUT2D eigenvalue weighted by molar-refractivity contribution is -0.122. The van der Waals surface area contributed by atoms with Crippen molar-refractivity contribution in [3.05, 3.63) is 93.0 Å². The zero-order valence-corrected chi connectivity index (χ0v) is 20.3. The minimum Gasteiger partial charge on any atom is -0.497 e. The highest BCUT2D eigenvalue weighted by molar-refractivity contribution is 6.39. The Hall–Kier alpha value is -3.81. The van der Waals surface area contributed by atoms with Crippen LogP contribution in [0.15, 0.2) is 66.2 Å². The Bertz CT molecular complexity index is 1370. The van der Waals surface area contributed by atoms with Gasteiger partial charge in [0.1, 0.15) is 23.7 Å². The van der Waals surface area contributed by atoms with Crippen molar-refractivity contribution in [2.45, 2.75) is 13.5 Å². The molecule has 0 bridgehead atoms. The number of nitrogens with zero attached hydrogens (tertiary/aromatic N) is 1. The second kappa shape index (κ2) is 10.2. The second-order valence-corrected chi connectivity index (χ2v) is 8.57. The SMILES string of the molecule is COc1ccc(/C=C2\C(=O)NC(=O)N(c3cccc(C)c3)C2=O)c(OCc2ccc(Cl)cc2Cl)c1. The molecule has 0 saturated carbocycles. The third-order valence-corrected chi connectivity index (χ3v) is 5.87. The van der Waals surface area contributed by atoms with Crippen molar-refractivity contribution in [1.82, 2.24) is 5.32 Å². The number of anilines is 1. The average molecular weight is 511 g/mol. The summed E-state index contributed by atoms with van der Waals surface area (Å²) in [6.45, 7) is 1.94. The molecule has 0 aliphatic carbocycles. The number of rotatable bonds is 6. The first kappa shape index (κ1) is 24.3. The Morgan fingerprint density at radius 3 is 2.51 bits per heavy atom. The summed E-state index contributed by atoms with van der Waals surface area (Å²) < 4.78 is 11.3. The maximum atomic E-state index is 13.2. The number of methoxy groups -OCH3 is 1. The molecule has 0 atom stereocenters. The first-order valence-electron chi connectivity index (χ1n) is 10.5. The van der Waals surface area contributed by atoms with Gasteiger partial charge in [-0.05, 0) is 55.0 Å². The van der Waals surface area contributed by atoms with Gasteiger partial charge in [-0.3, -0.25) is 14.9 Å². The van der Waals surface area contributed by atoms with Crippen LogP contribution >= 0.6 is 23.2 Å². The molecule has 1 saturated heterocycles. The maximum absolute atomic E-state index is 13.2. The van der Waals surface area contributed by atoms with Crippen molar-refractivity contribution < 1.29 is 23.9 Å². The third kappa shape index (κ3) is 5.31. The van der Waals surface area contributed by atoms with E-state index < -0.39 is 17.8 Å². The second-order valence-electron chi connectivity index (χ2n) is 7.73. The highest BCUT2D eigenvalue weighted by atomic mass is 35.5. The molecular weight excluding hydrogens is 491 g/mol. The summed E-state index contributed by atoms with van der Waals surface area (Å²) >= 11 is 12.2. The van der Waals surface area contributed by atoms with Crippen LogP contribution in [0.4, 0.5) is 10.5 Å². The Kier molecular flexibility index (Phi) is 7.10. The summed E-state index contributed by atoms with van der Waals surface area (Å²) in [5.41, 5.74) is 2.13. The molecule has 1 fully saturated rings. The van der Waals surface area contributed by atoms with E-state index in [4.69, 9.17) is 32.7 Å². The van der Waals surface area contributed by atoms with Crippen molar-refractivity contribution >= 4 is 52.8 Å². The van der Waals surface area contributed by atoms with Crippen LogP contribution in [-0.2, 0) is 16.2 Å². The summed E-state index contributed by atoms with van der Waals surface area (Å²) in [5.74, 6) is -0.680. The normalized spacial score (nSPS) is 14.8. The summed E-state index contributed by atoms with van der Waals surface area (Å²) in [6.07, 6.45) is 1.38. The quantitative estimate of drug-likeness (QED) is 0.346. The van der Waals surface area contributed by atoms with Crippen molar-refractivity contribution in [3.63, 3.8) is 0 Å². The lowest BCUT2D eigenvalue weighted by Gasteiger charge is -2.26. The summed E-state index contributed by atoms with van der Waals surface area (Å²) in [4.78, 5) is 39.2. The molecule has 7 nitrogen and oxygen atoms in total. The van der Waals surface area contributed by atoms with Crippen LogP contribution in [0, 0.1) is 6.92 Å². The van der Waals surface area contributed by atoms with Crippen molar-refractivity contribution in [3.8, 4) is 11.5 Å². The van der Waals surface area contributed by atoms with Crippen LogP contribution < -0.4 is 19.7 Å². The van der Waals surface area contributed by atoms with Crippen molar-refractivity contribution in [2.75, 3.05) is 12.0 Å². The Labute approximate surface area is 211 Å². The molecule has 0 aromatic heterocycles. The predicted octanol–water partition coefficient (Wildman–Crippen LogP) is 5.56. The van der Waals surface area contributed by atoms with Crippen LogP contribution in [0.2, 0.25) is 10.0 Å². The van der Waals surface area contributed by atoms with E-state index in [0.29, 0.717) is 38.4 Å². The molecule has 178 valence electrons. The molecule has 1 aliphatic rings. The monoisotopic (exact) mass is 510 g/mol. The summed E-state index contributed by atoms with van der Waals surface area (Å²) in [6, 6.07) is 16.1. The molecule has 9 heteroatoms. The molecule has 0 unspecified atom stereocenters. The number of carbonyl (C=O) groups is 3. The largest absolute Gasteiger partial charge is 0.497 e. The highest BCUT2D eigenvalue weighted by Crippen LogP contribution is 2.31. The van der Waals surface area contributed by atoms with Gasteiger partial charge in [0, 0.05) is 27.2 Å². The number of imide groups is 2. The Morgan fingerprint density at radius 2 is 1.80 bits per heavy atom. The van der Waals surface area contributed by atoms with E-state index in [-0.39, 0.29) is 12.2 Å². The maximum Gasteiger partial charge on any atom is 0.335 e.